The van der Waals surface area contributed by atoms with Gasteiger partial charge in [-0.05, 0) is 72.6 Å². The number of hydrogen-bond donors (Lipinski definition) is 6. The molecule has 310 valence electrons. The topological polar surface area (TPSA) is 171 Å². The van der Waals surface area contributed by atoms with Crippen LogP contribution >= 0.6 is 0 Å². The number of para-hydroxylation sites is 1. The molecule has 0 fully saturated rings. The molecule has 5 amide bonds. The van der Waals surface area contributed by atoms with E-state index in [2.05, 4.69) is 45.1 Å². The first kappa shape index (κ1) is 45.9. The van der Waals surface area contributed by atoms with Gasteiger partial charge < -0.3 is 32.0 Å². The van der Waals surface area contributed by atoms with Gasteiger partial charge in [0.2, 0.25) is 17.7 Å². The second-order valence-corrected chi connectivity index (χ2v) is 14.0. The molecule has 7 N–H and O–H groups in total. The molecule has 0 spiro atoms. The summed E-state index contributed by atoms with van der Waals surface area (Å²) >= 11 is 0. The van der Waals surface area contributed by atoms with Gasteiger partial charge in [0, 0.05) is 48.5 Å². The summed E-state index contributed by atoms with van der Waals surface area (Å²) in [5.41, 5.74) is 7.15. The van der Waals surface area contributed by atoms with Crippen molar-refractivity contribution in [2.75, 3.05) is 19.6 Å². The Morgan fingerprint density at radius 2 is 1.65 bits per heavy atom. The third kappa shape index (κ3) is 14.8. The molecule has 2 aromatic heterocycles. The number of fused-ring (bicyclic) bond motifs is 3. The van der Waals surface area contributed by atoms with E-state index in [0.29, 0.717) is 43.2 Å². The molecule has 1 aliphatic carbocycles. The van der Waals surface area contributed by atoms with Crippen LogP contribution in [0.5, 0.6) is 0 Å². The molecule has 15 heteroatoms. The smallest absolute Gasteiger partial charge is 0.368 e. The molecule has 0 saturated heterocycles. The van der Waals surface area contributed by atoms with Gasteiger partial charge in [-0.1, -0.05) is 77.3 Å². The molecule has 2 aromatic carbocycles. The summed E-state index contributed by atoms with van der Waals surface area (Å²) in [6, 6.07) is 13.4. The average Bonchev–Trinajstić information content (AvgIpc) is 3.57. The van der Waals surface area contributed by atoms with Gasteiger partial charge in [-0.15, -0.1) is 0 Å². The molecule has 2 unspecified atom stereocenters. The molecule has 57 heavy (non-hydrogen) atoms. The first-order valence-electron chi connectivity index (χ1n) is 19.4. The number of aromatic amines is 1. The molecule has 0 aliphatic heterocycles. The minimum atomic E-state index is -4.45. The Hall–Kier alpha value is -5.47. The van der Waals surface area contributed by atoms with E-state index in [4.69, 9.17) is 5.73 Å². The molecule has 0 saturated carbocycles. The molecule has 0 radical (unpaired) electrons. The number of carbonyl (C=O) groups excluding carboxylic acids is 4. The maximum absolute atomic E-state index is 13.5. The lowest BCUT2D eigenvalue weighted by Crippen LogP contribution is -2.51. The Labute approximate surface area is 331 Å². The Morgan fingerprint density at radius 1 is 0.947 bits per heavy atom. The number of nitrogens with zero attached hydrogens (tertiary/aromatic N) is 1. The van der Waals surface area contributed by atoms with Gasteiger partial charge in [-0.2, -0.15) is 13.2 Å². The van der Waals surface area contributed by atoms with Gasteiger partial charge in [-0.3, -0.25) is 19.4 Å². The summed E-state index contributed by atoms with van der Waals surface area (Å²) in [6.45, 7) is 8.93. The van der Waals surface area contributed by atoms with E-state index in [1.54, 1.807) is 30.6 Å². The zero-order chi connectivity index (χ0) is 42.0. The van der Waals surface area contributed by atoms with Crippen molar-refractivity contribution in [3.8, 4) is 0 Å². The number of halogens is 4. The summed E-state index contributed by atoms with van der Waals surface area (Å²) in [4.78, 5) is 54.1. The van der Waals surface area contributed by atoms with Crippen LogP contribution in [0.2, 0.25) is 0 Å². The van der Waals surface area contributed by atoms with Crippen LogP contribution in [0, 0.1) is 17.7 Å². The van der Waals surface area contributed by atoms with E-state index in [9.17, 15) is 36.7 Å². The Kier molecular flexibility index (Phi) is 18.5. The van der Waals surface area contributed by atoms with Crippen molar-refractivity contribution < 1.29 is 36.7 Å². The second-order valence-electron chi connectivity index (χ2n) is 14.0. The number of aromatic nitrogens is 2. The predicted molar refractivity (Wildman–Crippen MR) is 212 cm³/mol. The number of hydrogen-bond acceptors (Lipinski definition) is 5. The highest BCUT2D eigenvalue weighted by atomic mass is 19.4. The van der Waals surface area contributed by atoms with E-state index in [1.807, 2.05) is 26.0 Å². The van der Waals surface area contributed by atoms with Gasteiger partial charge in [0.25, 0.3) is 0 Å². The maximum atomic E-state index is 13.5. The number of carbonyl (C=O) groups is 4. The largest absolute Gasteiger partial charge is 0.418 e. The van der Waals surface area contributed by atoms with Gasteiger partial charge in [-0.25, -0.2) is 9.18 Å². The van der Waals surface area contributed by atoms with Crippen molar-refractivity contribution >= 4 is 34.7 Å². The van der Waals surface area contributed by atoms with E-state index < -0.39 is 29.4 Å². The summed E-state index contributed by atoms with van der Waals surface area (Å²) in [6.07, 6.45) is 4.43. The fourth-order valence-electron chi connectivity index (χ4n) is 6.08. The summed E-state index contributed by atoms with van der Waals surface area (Å²) in [5.74, 6) is -1.86. The lowest BCUT2D eigenvalue weighted by molar-refractivity contribution is -0.136. The quantitative estimate of drug-likeness (QED) is 0.0796. The normalized spacial score (nSPS) is 14.4. The average molecular weight is 798 g/mol. The fourth-order valence-corrected chi connectivity index (χ4v) is 6.08. The number of aryl methyl sites for hydroxylation is 1. The summed E-state index contributed by atoms with van der Waals surface area (Å²) < 4.78 is 53.6. The van der Waals surface area contributed by atoms with E-state index in [1.165, 1.54) is 31.0 Å². The van der Waals surface area contributed by atoms with Crippen molar-refractivity contribution in [3.63, 3.8) is 0 Å². The summed E-state index contributed by atoms with van der Waals surface area (Å²) in [7, 11) is 0. The van der Waals surface area contributed by atoms with Gasteiger partial charge in [0.05, 0.1) is 24.0 Å². The number of unbranched alkanes of at least 4 members (excludes halogenated alkanes) is 1. The number of amides is 5. The van der Waals surface area contributed by atoms with Crippen molar-refractivity contribution in [3.05, 3.63) is 101 Å². The van der Waals surface area contributed by atoms with Crippen LogP contribution in [0.15, 0.2) is 67.0 Å². The second kappa shape index (κ2) is 22.9. The molecule has 2 heterocycles. The minimum absolute atomic E-state index is 0.0858. The Morgan fingerprint density at radius 3 is 2.28 bits per heavy atom. The number of nitrogens with one attached hydrogen (secondary N) is 5. The number of pyridine rings is 1. The van der Waals surface area contributed by atoms with Gasteiger partial charge >= 0.3 is 12.2 Å². The number of H-pyrrole nitrogens is 1. The number of nitrogens with two attached hydrogens (primary N) is 1. The SMILES string of the molecule is CCC(C)[C@@H](CNC(=O)NCCc1ccncc1)NC(=O)C1CCc2[nH]c3c(C(F)(F)F)cccc3c2C1.CCCC.NC(=O)CNC(=O)Cc1ccccc1F. The lowest BCUT2D eigenvalue weighted by Gasteiger charge is -2.28. The van der Waals surface area contributed by atoms with Crippen LogP contribution in [0.3, 0.4) is 0 Å². The number of primary amides is 1. The maximum Gasteiger partial charge on any atom is 0.418 e. The highest BCUT2D eigenvalue weighted by Crippen LogP contribution is 2.39. The van der Waals surface area contributed by atoms with Crippen molar-refractivity contribution in [2.45, 2.75) is 91.3 Å². The fraction of sp³-hybridized carbons (Fsp3) is 0.452. The van der Waals surface area contributed by atoms with Gasteiger partial charge in [0.1, 0.15) is 5.82 Å². The third-order valence-corrected chi connectivity index (χ3v) is 9.76. The van der Waals surface area contributed by atoms with Crippen molar-refractivity contribution in [1.29, 1.82) is 0 Å². The summed E-state index contributed by atoms with van der Waals surface area (Å²) in [5, 5.41) is 11.6. The van der Waals surface area contributed by atoms with Crippen LogP contribution in [0.25, 0.3) is 10.9 Å². The van der Waals surface area contributed by atoms with E-state index in [-0.39, 0.29) is 54.8 Å². The van der Waals surface area contributed by atoms with E-state index in [0.717, 1.165) is 29.3 Å². The van der Waals surface area contributed by atoms with Crippen molar-refractivity contribution in [2.24, 2.45) is 17.6 Å². The number of rotatable bonds is 14. The number of alkyl halides is 3. The highest BCUT2D eigenvalue weighted by Gasteiger charge is 2.35. The Balaban J connectivity index is 0.000000379. The lowest BCUT2D eigenvalue weighted by atomic mass is 9.85. The van der Waals surface area contributed by atoms with Crippen LogP contribution in [-0.4, -0.2) is 59.4 Å². The third-order valence-electron chi connectivity index (χ3n) is 9.76. The molecule has 1 aliphatic rings. The highest BCUT2D eigenvalue weighted by molar-refractivity contribution is 5.89. The number of benzene rings is 2. The van der Waals surface area contributed by atoms with Crippen LogP contribution in [0.1, 0.15) is 81.3 Å². The van der Waals surface area contributed by atoms with Gasteiger partial charge in [0.15, 0.2) is 0 Å². The minimum Gasteiger partial charge on any atom is -0.368 e. The zero-order valence-corrected chi connectivity index (χ0v) is 33.0. The first-order valence-corrected chi connectivity index (χ1v) is 19.4. The molecular weight excluding hydrogens is 742 g/mol. The molecule has 0 bridgehead atoms. The molecular formula is C42H55F4N7O4. The van der Waals surface area contributed by atoms with Crippen molar-refractivity contribution in [1.82, 2.24) is 31.2 Å². The molecule has 5 rings (SSSR count). The first-order chi connectivity index (χ1) is 27.2. The Bertz CT molecular complexity index is 1900. The molecule has 11 nitrogen and oxygen atoms in total. The predicted octanol–water partition coefficient (Wildman–Crippen LogP) is 6.54. The van der Waals surface area contributed by atoms with Crippen LogP contribution < -0.4 is 27.0 Å². The van der Waals surface area contributed by atoms with Crippen LogP contribution in [0.4, 0.5) is 22.4 Å². The van der Waals surface area contributed by atoms with E-state index >= 15 is 0 Å². The molecule has 4 aromatic rings. The standard InChI is InChI=1S/C28H34F3N5O2.C10H11FN2O2.C4H10/c1-3-17(2)24(16-34-27(38)33-14-11-18-9-12-32-13-10-18)36-26(37)19-7-8-23-21(15-19)20-5-4-6-22(25(20)35-23)28(29,30)31;11-8-4-2-1-3-7(8)5-10(15)13-6-9(12)14;1-3-4-2/h4-6,9-10,12-13,17,19,24,35H,3,7-8,11,14-16H2,1-2H3,(H,36,37)(H2,33,34,38);1-4H,5-6H2,(H2,12,14)(H,13,15);3-4H2,1-2H3/t17?,19?,24-;;/m1../s1. The number of urea groups is 1. The van der Waals surface area contributed by atoms with Crippen LogP contribution in [-0.2, 0) is 46.2 Å². The zero-order valence-electron chi connectivity index (χ0n) is 33.0. The monoisotopic (exact) mass is 797 g/mol. The molecule has 3 atom stereocenters.